The molecule has 1 aliphatic rings. The molecule has 0 fully saturated rings. The van der Waals surface area contributed by atoms with Crippen LogP contribution >= 0.6 is 15.9 Å². The average Bonchev–Trinajstić information content (AvgIpc) is 2.04. The van der Waals surface area contributed by atoms with Crippen LogP contribution in [-0.2, 0) is 4.79 Å². The van der Waals surface area contributed by atoms with Crippen molar-refractivity contribution in [1.82, 2.24) is 4.98 Å². The quantitative estimate of drug-likeness (QED) is 0.679. The van der Waals surface area contributed by atoms with E-state index < -0.39 is 0 Å². The van der Waals surface area contributed by atoms with Gasteiger partial charge in [-0.3, -0.25) is 4.79 Å². The number of nitrogens with zero attached hydrogens (tertiary/aromatic N) is 1. The molecule has 1 aromatic heterocycles. The molecule has 1 aromatic rings. The van der Waals surface area contributed by atoms with E-state index in [1.54, 1.807) is 12.3 Å². The van der Waals surface area contributed by atoms with Gasteiger partial charge in [-0.05, 0) is 22.0 Å². The van der Waals surface area contributed by atoms with Crippen LogP contribution in [0.5, 0.6) is 5.75 Å². The van der Waals surface area contributed by atoms with Crippen molar-refractivity contribution in [2.75, 3.05) is 11.9 Å². The highest BCUT2D eigenvalue weighted by Crippen LogP contribution is 2.32. The molecular weight excluding hydrogens is 224 g/mol. The summed E-state index contributed by atoms with van der Waals surface area (Å²) in [7, 11) is 0. The minimum atomic E-state index is -0.138. The maximum Gasteiger partial charge on any atom is 0.262 e. The summed E-state index contributed by atoms with van der Waals surface area (Å²) < 4.78 is 5.76. The SMILES string of the molecule is O=C1COc2c(ccnc2Br)N1. The number of hydrogen-bond acceptors (Lipinski definition) is 3. The highest BCUT2D eigenvalue weighted by atomic mass is 79.9. The Morgan fingerprint density at radius 1 is 1.67 bits per heavy atom. The van der Waals surface area contributed by atoms with E-state index in [0.29, 0.717) is 16.0 Å². The van der Waals surface area contributed by atoms with Gasteiger partial charge in [-0.2, -0.15) is 0 Å². The summed E-state index contributed by atoms with van der Waals surface area (Å²) in [6.45, 7) is 0.0529. The molecule has 5 heteroatoms. The number of rotatable bonds is 0. The topological polar surface area (TPSA) is 51.2 Å². The van der Waals surface area contributed by atoms with E-state index in [-0.39, 0.29) is 12.5 Å². The summed E-state index contributed by atoms with van der Waals surface area (Å²) in [6, 6.07) is 1.69. The molecule has 0 atom stereocenters. The van der Waals surface area contributed by atoms with E-state index in [0.717, 1.165) is 0 Å². The Balaban J connectivity index is 2.48. The van der Waals surface area contributed by atoms with Gasteiger partial charge in [-0.15, -0.1) is 0 Å². The number of ether oxygens (including phenoxy) is 1. The minimum Gasteiger partial charge on any atom is -0.479 e. The van der Waals surface area contributed by atoms with Crippen LogP contribution in [0.1, 0.15) is 0 Å². The molecule has 0 spiro atoms. The number of carbonyl (C=O) groups excluding carboxylic acids is 1. The zero-order chi connectivity index (χ0) is 8.55. The van der Waals surface area contributed by atoms with E-state index in [1.165, 1.54) is 0 Å². The second kappa shape index (κ2) is 2.75. The molecule has 2 heterocycles. The van der Waals surface area contributed by atoms with Crippen molar-refractivity contribution >= 4 is 27.5 Å². The fourth-order valence-corrected chi connectivity index (χ4v) is 1.43. The Morgan fingerprint density at radius 3 is 3.33 bits per heavy atom. The minimum absolute atomic E-state index is 0.0529. The van der Waals surface area contributed by atoms with Crippen molar-refractivity contribution in [3.05, 3.63) is 16.9 Å². The fourth-order valence-electron chi connectivity index (χ4n) is 0.982. The van der Waals surface area contributed by atoms with Crippen LogP contribution in [0.4, 0.5) is 5.69 Å². The lowest BCUT2D eigenvalue weighted by molar-refractivity contribution is -0.118. The summed E-state index contributed by atoms with van der Waals surface area (Å²) in [5.41, 5.74) is 0.660. The molecule has 0 aliphatic carbocycles. The van der Waals surface area contributed by atoms with Gasteiger partial charge in [-0.25, -0.2) is 4.98 Å². The molecule has 0 aromatic carbocycles. The summed E-state index contributed by atoms with van der Waals surface area (Å²) in [4.78, 5) is 14.8. The Labute approximate surface area is 77.1 Å². The number of pyridine rings is 1. The summed E-state index contributed by atoms with van der Waals surface area (Å²) in [6.07, 6.45) is 1.60. The van der Waals surface area contributed by atoms with Crippen molar-refractivity contribution in [2.45, 2.75) is 0 Å². The Morgan fingerprint density at radius 2 is 2.50 bits per heavy atom. The van der Waals surface area contributed by atoms with E-state index in [4.69, 9.17) is 4.74 Å². The third-order valence-corrected chi connectivity index (χ3v) is 2.05. The van der Waals surface area contributed by atoms with Gasteiger partial charge in [0.15, 0.2) is 12.4 Å². The number of carbonyl (C=O) groups is 1. The first kappa shape index (κ1) is 7.54. The molecule has 4 nitrogen and oxygen atoms in total. The average molecular weight is 229 g/mol. The van der Waals surface area contributed by atoms with Crippen molar-refractivity contribution < 1.29 is 9.53 Å². The molecule has 62 valence electrons. The van der Waals surface area contributed by atoms with Gasteiger partial charge in [0.1, 0.15) is 4.60 Å². The Hall–Kier alpha value is -1.10. The van der Waals surface area contributed by atoms with Crippen LogP contribution in [0.3, 0.4) is 0 Å². The second-order valence-corrected chi connectivity index (χ2v) is 3.07. The summed E-state index contributed by atoms with van der Waals surface area (Å²) in [5.74, 6) is 0.456. The fraction of sp³-hybridized carbons (Fsp3) is 0.143. The van der Waals surface area contributed by atoms with Crippen LogP contribution in [0.2, 0.25) is 0 Å². The second-order valence-electron chi connectivity index (χ2n) is 2.32. The van der Waals surface area contributed by atoms with Gasteiger partial charge in [0, 0.05) is 6.20 Å². The van der Waals surface area contributed by atoms with Crippen LogP contribution < -0.4 is 10.1 Å². The normalized spacial score (nSPS) is 14.6. The largest absolute Gasteiger partial charge is 0.479 e. The lowest BCUT2D eigenvalue weighted by Crippen LogP contribution is -2.25. The molecule has 12 heavy (non-hydrogen) atoms. The number of anilines is 1. The van der Waals surface area contributed by atoms with Crippen molar-refractivity contribution in [1.29, 1.82) is 0 Å². The smallest absolute Gasteiger partial charge is 0.262 e. The highest BCUT2D eigenvalue weighted by Gasteiger charge is 2.18. The summed E-state index contributed by atoms with van der Waals surface area (Å²) in [5, 5.41) is 2.67. The van der Waals surface area contributed by atoms with Crippen LogP contribution in [0.15, 0.2) is 16.9 Å². The first-order chi connectivity index (χ1) is 5.77. The Bertz CT molecular complexity index is 340. The molecule has 0 bridgehead atoms. The summed E-state index contributed by atoms with van der Waals surface area (Å²) >= 11 is 3.21. The van der Waals surface area contributed by atoms with Gasteiger partial charge in [-0.1, -0.05) is 0 Å². The monoisotopic (exact) mass is 228 g/mol. The molecule has 0 saturated carbocycles. The van der Waals surface area contributed by atoms with Crippen LogP contribution in [0, 0.1) is 0 Å². The van der Waals surface area contributed by atoms with E-state index >= 15 is 0 Å². The predicted molar refractivity (Wildman–Crippen MR) is 46.1 cm³/mol. The maximum absolute atomic E-state index is 10.9. The lowest BCUT2D eigenvalue weighted by atomic mass is 10.3. The molecule has 2 rings (SSSR count). The number of hydrogen-bond donors (Lipinski definition) is 1. The third-order valence-electron chi connectivity index (χ3n) is 1.48. The number of fused-ring (bicyclic) bond motifs is 1. The van der Waals surface area contributed by atoms with Crippen molar-refractivity contribution in [3.8, 4) is 5.75 Å². The van der Waals surface area contributed by atoms with E-state index in [2.05, 4.69) is 26.2 Å². The zero-order valence-electron chi connectivity index (χ0n) is 6.00. The van der Waals surface area contributed by atoms with Gasteiger partial charge in [0.2, 0.25) is 0 Å². The van der Waals surface area contributed by atoms with Gasteiger partial charge >= 0.3 is 0 Å². The Kier molecular flexibility index (Phi) is 1.73. The van der Waals surface area contributed by atoms with E-state index in [1.807, 2.05) is 0 Å². The first-order valence-electron chi connectivity index (χ1n) is 3.34. The first-order valence-corrected chi connectivity index (χ1v) is 4.14. The maximum atomic E-state index is 10.9. The van der Waals surface area contributed by atoms with Gasteiger partial charge in [0.05, 0.1) is 5.69 Å². The van der Waals surface area contributed by atoms with Crippen LogP contribution in [0.25, 0.3) is 0 Å². The molecule has 1 N–H and O–H groups in total. The van der Waals surface area contributed by atoms with Crippen molar-refractivity contribution in [3.63, 3.8) is 0 Å². The lowest BCUT2D eigenvalue weighted by Gasteiger charge is -2.17. The highest BCUT2D eigenvalue weighted by molar-refractivity contribution is 9.10. The van der Waals surface area contributed by atoms with Gasteiger partial charge in [0.25, 0.3) is 5.91 Å². The van der Waals surface area contributed by atoms with E-state index in [9.17, 15) is 4.79 Å². The predicted octanol–water partition coefficient (Wildman–Crippen LogP) is 1.17. The zero-order valence-corrected chi connectivity index (χ0v) is 7.59. The van der Waals surface area contributed by atoms with Crippen molar-refractivity contribution in [2.24, 2.45) is 0 Å². The van der Waals surface area contributed by atoms with Gasteiger partial charge < -0.3 is 10.1 Å². The third kappa shape index (κ3) is 1.16. The van der Waals surface area contributed by atoms with Crippen LogP contribution in [-0.4, -0.2) is 17.5 Å². The molecular formula is C7H5BrN2O2. The molecule has 1 amide bonds. The number of amides is 1. The molecule has 0 radical (unpaired) electrons. The molecule has 0 unspecified atom stereocenters. The standard InChI is InChI=1S/C7H5BrN2O2/c8-7-6-4(1-2-9-7)10-5(11)3-12-6/h1-2H,3H2,(H,10,11). The number of halogens is 1. The number of aromatic nitrogens is 1. The molecule has 0 saturated heterocycles. The molecule has 1 aliphatic heterocycles. The number of nitrogens with one attached hydrogen (secondary N) is 1.